The summed E-state index contributed by atoms with van der Waals surface area (Å²) >= 11 is 0. The second kappa shape index (κ2) is 6.51. The molecule has 5 nitrogen and oxygen atoms in total. The fourth-order valence-electron chi connectivity index (χ4n) is 2.41. The molecule has 0 aromatic heterocycles. The first kappa shape index (κ1) is 15.2. The molecule has 2 unspecified atom stereocenters. The summed E-state index contributed by atoms with van der Waals surface area (Å²) < 4.78 is 31.0. The van der Waals surface area contributed by atoms with Crippen LogP contribution in [0.25, 0.3) is 0 Å². The van der Waals surface area contributed by atoms with Crippen LogP contribution in [-0.4, -0.2) is 29.6 Å². The minimum absolute atomic E-state index is 0.229. The zero-order valence-corrected chi connectivity index (χ0v) is 11.1. The maximum Gasteiger partial charge on any atom is 0.308 e. The molecular weight excluding hydrogens is 284 g/mol. The minimum Gasteiger partial charge on any atom is -0.481 e. The maximum absolute atomic E-state index is 13.3. The van der Waals surface area contributed by atoms with Gasteiger partial charge in [0.1, 0.15) is 5.82 Å². The molecule has 1 aliphatic rings. The first-order valence-corrected chi connectivity index (χ1v) is 6.57. The summed E-state index contributed by atoms with van der Waals surface area (Å²) in [7, 11) is 0. The van der Waals surface area contributed by atoms with Gasteiger partial charge in [0, 0.05) is 12.1 Å². The Bertz CT molecular complexity index is 550. The van der Waals surface area contributed by atoms with Gasteiger partial charge < -0.3 is 15.2 Å². The molecule has 0 bridgehead atoms. The van der Waals surface area contributed by atoms with Gasteiger partial charge in [0.05, 0.1) is 5.92 Å². The standard InChI is InChI=1S/C14H15F2NO4/c15-8-4-5-12(10(16)6-8)21-7-13(18)17-11-3-1-2-9(11)14(19)20/h4-6,9,11H,1-3,7H2,(H,17,18)(H,19,20). The van der Waals surface area contributed by atoms with Crippen LogP contribution in [0.15, 0.2) is 18.2 Å². The molecule has 0 radical (unpaired) electrons. The molecule has 2 N–H and O–H groups in total. The number of hydrogen-bond donors (Lipinski definition) is 2. The molecule has 2 atom stereocenters. The SMILES string of the molecule is O=C(COc1ccc(F)cc1F)NC1CCCC1C(=O)O. The van der Waals surface area contributed by atoms with E-state index in [9.17, 15) is 18.4 Å². The molecular formula is C14H15F2NO4. The number of aliphatic carboxylic acids is 1. The largest absolute Gasteiger partial charge is 0.481 e. The molecule has 1 amide bonds. The van der Waals surface area contributed by atoms with Crippen molar-refractivity contribution in [1.29, 1.82) is 0 Å². The van der Waals surface area contributed by atoms with Crippen molar-refractivity contribution >= 4 is 11.9 Å². The highest BCUT2D eigenvalue weighted by molar-refractivity contribution is 5.79. The minimum atomic E-state index is -0.941. The smallest absolute Gasteiger partial charge is 0.308 e. The number of carboxylic acids is 1. The fourth-order valence-corrected chi connectivity index (χ4v) is 2.41. The molecule has 2 rings (SSSR count). The van der Waals surface area contributed by atoms with Crippen LogP contribution >= 0.6 is 0 Å². The molecule has 21 heavy (non-hydrogen) atoms. The van der Waals surface area contributed by atoms with E-state index in [0.29, 0.717) is 18.9 Å². The number of carboxylic acid groups (broad SMARTS) is 1. The monoisotopic (exact) mass is 299 g/mol. The lowest BCUT2D eigenvalue weighted by Crippen LogP contribution is -2.42. The summed E-state index contributed by atoms with van der Waals surface area (Å²) in [5.74, 6) is -3.93. The quantitative estimate of drug-likeness (QED) is 0.868. The number of benzene rings is 1. The molecule has 0 spiro atoms. The van der Waals surface area contributed by atoms with Crippen molar-refractivity contribution < 1.29 is 28.2 Å². The van der Waals surface area contributed by atoms with Gasteiger partial charge in [0.25, 0.3) is 5.91 Å². The molecule has 114 valence electrons. The Hall–Kier alpha value is -2.18. The number of ether oxygens (including phenoxy) is 1. The third kappa shape index (κ3) is 3.90. The predicted octanol–water partition coefficient (Wildman–Crippen LogP) is 1.71. The van der Waals surface area contributed by atoms with Crippen LogP contribution in [0.4, 0.5) is 8.78 Å². The Morgan fingerprint density at radius 3 is 2.76 bits per heavy atom. The van der Waals surface area contributed by atoms with Crippen molar-refractivity contribution in [3.63, 3.8) is 0 Å². The fraction of sp³-hybridized carbons (Fsp3) is 0.429. The summed E-state index contributed by atoms with van der Waals surface area (Å²) in [6.45, 7) is -0.453. The van der Waals surface area contributed by atoms with E-state index in [4.69, 9.17) is 9.84 Å². The molecule has 1 aromatic carbocycles. The van der Waals surface area contributed by atoms with Crippen LogP contribution in [0.3, 0.4) is 0 Å². The van der Waals surface area contributed by atoms with E-state index >= 15 is 0 Å². The first-order chi connectivity index (χ1) is 9.97. The summed E-state index contributed by atoms with van der Waals surface area (Å²) in [4.78, 5) is 22.7. The molecule has 1 fully saturated rings. The molecule has 1 saturated carbocycles. The van der Waals surface area contributed by atoms with Gasteiger partial charge in [-0.2, -0.15) is 0 Å². The van der Waals surface area contributed by atoms with Crippen LogP contribution in [0, 0.1) is 17.6 Å². The number of carbonyl (C=O) groups excluding carboxylic acids is 1. The maximum atomic E-state index is 13.3. The Morgan fingerprint density at radius 2 is 2.10 bits per heavy atom. The highest BCUT2D eigenvalue weighted by Gasteiger charge is 2.33. The van der Waals surface area contributed by atoms with Gasteiger partial charge >= 0.3 is 5.97 Å². The third-order valence-electron chi connectivity index (χ3n) is 3.43. The van der Waals surface area contributed by atoms with Crippen molar-refractivity contribution in [3.05, 3.63) is 29.8 Å². The zero-order chi connectivity index (χ0) is 15.4. The van der Waals surface area contributed by atoms with E-state index in [2.05, 4.69) is 5.32 Å². The number of hydrogen-bond acceptors (Lipinski definition) is 3. The number of halogens is 2. The topological polar surface area (TPSA) is 75.6 Å². The van der Waals surface area contributed by atoms with Crippen molar-refractivity contribution in [1.82, 2.24) is 5.32 Å². The van der Waals surface area contributed by atoms with Crippen molar-refractivity contribution in [2.24, 2.45) is 5.92 Å². The summed E-state index contributed by atoms with van der Waals surface area (Å²) in [5.41, 5.74) is 0. The lowest BCUT2D eigenvalue weighted by atomic mass is 10.0. The summed E-state index contributed by atoms with van der Waals surface area (Å²) in [6.07, 6.45) is 1.84. The Balaban J connectivity index is 1.86. The molecule has 0 saturated heterocycles. The normalized spacial score (nSPS) is 21.0. The van der Waals surface area contributed by atoms with Crippen molar-refractivity contribution in [2.45, 2.75) is 25.3 Å². The number of nitrogens with one attached hydrogen (secondary N) is 1. The van der Waals surface area contributed by atoms with E-state index in [0.717, 1.165) is 18.6 Å². The predicted molar refractivity (Wildman–Crippen MR) is 68.8 cm³/mol. The van der Waals surface area contributed by atoms with E-state index in [1.807, 2.05) is 0 Å². The number of amides is 1. The summed E-state index contributed by atoms with van der Waals surface area (Å²) in [5, 5.41) is 11.6. The molecule has 1 aliphatic carbocycles. The van der Waals surface area contributed by atoms with Crippen LogP contribution in [0.1, 0.15) is 19.3 Å². The van der Waals surface area contributed by atoms with E-state index in [1.54, 1.807) is 0 Å². The van der Waals surface area contributed by atoms with Gasteiger partial charge in [-0.3, -0.25) is 9.59 Å². The molecule has 1 aromatic rings. The van der Waals surface area contributed by atoms with Gasteiger partial charge in [-0.05, 0) is 25.0 Å². The van der Waals surface area contributed by atoms with Crippen molar-refractivity contribution in [2.75, 3.05) is 6.61 Å². The Morgan fingerprint density at radius 1 is 1.33 bits per heavy atom. The zero-order valence-electron chi connectivity index (χ0n) is 11.1. The average molecular weight is 299 g/mol. The van der Waals surface area contributed by atoms with Crippen LogP contribution in [0.5, 0.6) is 5.75 Å². The highest BCUT2D eigenvalue weighted by Crippen LogP contribution is 2.25. The first-order valence-electron chi connectivity index (χ1n) is 6.57. The van der Waals surface area contributed by atoms with Crippen molar-refractivity contribution in [3.8, 4) is 5.75 Å². The van der Waals surface area contributed by atoms with E-state index in [-0.39, 0.29) is 5.75 Å². The number of carbonyl (C=O) groups is 2. The van der Waals surface area contributed by atoms with Crippen LogP contribution in [0.2, 0.25) is 0 Å². The lowest BCUT2D eigenvalue weighted by Gasteiger charge is -2.17. The van der Waals surface area contributed by atoms with Crippen LogP contribution in [-0.2, 0) is 9.59 Å². The molecule has 0 aliphatic heterocycles. The second-order valence-corrected chi connectivity index (χ2v) is 4.91. The second-order valence-electron chi connectivity index (χ2n) is 4.91. The highest BCUT2D eigenvalue weighted by atomic mass is 19.1. The Labute approximate surface area is 119 Å². The van der Waals surface area contributed by atoms with Gasteiger partial charge in [0.15, 0.2) is 18.2 Å². The average Bonchev–Trinajstić information content (AvgIpc) is 2.86. The third-order valence-corrected chi connectivity index (χ3v) is 3.43. The molecule has 7 heteroatoms. The van der Waals surface area contributed by atoms with Crippen LogP contribution < -0.4 is 10.1 Å². The number of rotatable bonds is 5. The Kier molecular flexibility index (Phi) is 4.72. The van der Waals surface area contributed by atoms with E-state index < -0.39 is 42.1 Å². The lowest BCUT2D eigenvalue weighted by molar-refractivity contribution is -0.142. The van der Waals surface area contributed by atoms with Gasteiger partial charge in [-0.25, -0.2) is 8.78 Å². The van der Waals surface area contributed by atoms with Gasteiger partial charge in [0.2, 0.25) is 0 Å². The van der Waals surface area contributed by atoms with Gasteiger partial charge in [-0.15, -0.1) is 0 Å². The summed E-state index contributed by atoms with van der Waals surface area (Å²) in [6, 6.07) is 2.34. The van der Waals surface area contributed by atoms with Gasteiger partial charge in [-0.1, -0.05) is 6.42 Å². The van der Waals surface area contributed by atoms with E-state index in [1.165, 1.54) is 0 Å². The molecule has 0 heterocycles.